The van der Waals surface area contributed by atoms with E-state index in [1.807, 2.05) is 0 Å². The van der Waals surface area contributed by atoms with Crippen molar-refractivity contribution in [3.05, 3.63) is 0 Å². The second kappa shape index (κ2) is 4.73. The Morgan fingerprint density at radius 2 is 2.20 bits per heavy atom. The Balaban J connectivity index is 2.15. The van der Waals surface area contributed by atoms with E-state index in [1.54, 1.807) is 0 Å². The van der Waals surface area contributed by atoms with E-state index < -0.39 is 0 Å². The summed E-state index contributed by atoms with van der Waals surface area (Å²) in [5.74, 6) is 0. The SMILES string of the molecule is CCCC1CCCCC[N]1. The molecule has 1 aliphatic heterocycles. The van der Waals surface area contributed by atoms with Gasteiger partial charge in [-0.1, -0.05) is 26.2 Å². The molecule has 0 saturated carbocycles. The van der Waals surface area contributed by atoms with Crippen LogP contribution in [0.1, 0.15) is 45.4 Å². The van der Waals surface area contributed by atoms with Crippen LogP contribution in [0.2, 0.25) is 0 Å². The van der Waals surface area contributed by atoms with Crippen LogP contribution in [0, 0.1) is 0 Å². The van der Waals surface area contributed by atoms with Crippen LogP contribution >= 0.6 is 0 Å². The first-order valence-electron chi connectivity index (χ1n) is 4.60. The predicted molar refractivity (Wildman–Crippen MR) is 44.2 cm³/mol. The molecule has 1 saturated heterocycles. The highest BCUT2D eigenvalue weighted by molar-refractivity contribution is 4.69. The minimum absolute atomic E-state index is 0.715. The first-order valence-corrected chi connectivity index (χ1v) is 4.60. The summed E-state index contributed by atoms with van der Waals surface area (Å²) in [5, 5.41) is 4.61. The molecule has 0 spiro atoms. The van der Waals surface area contributed by atoms with Crippen molar-refractivity contribution < 1.29 is 0 Å². The molecule has 0 bridgehead atoms. The summed E-state index contributed by atoms with van der Waals surface area (Å²) in [4.78, 5) is 0. The van der Waals surface area contributed by atoms with Gasteiger partial charge in [0.25, 0.3) is 0 Å². The lowest BCUT2D eigenvalue weighted by Gasteiger charge is -2.11. The first-order chi connectivity index (χ1) is 4.93. The third kappa shape index (κ3) is 2.70. The van der Waals surface area contributed by atoms with Gasteiger partial charge in [-0.3, -0.25) is 0 Å². The summed E-state index contributed by atoms with van der Waals surface area (Å²) >= 11 is 0. The van der Waals surface area contributed by atoms with Crippen LogP contribution in [0.3, 0.4) is 0 Å². The van der Waals surface area contributed by atoms with E-state index in [0.29, 0.717) is 6.04 Å². The second-order valence-electron chi connectivity index (χ2n) is 3.20. The molecule has 1 rings (SSSR count). The summed E-state index contributed by atoms with van der Waals surface area (Å²) in [6.07, 6.45) is 8.13. The zero-order valence-electron chi connectivity index (χ0n) is 6.97. The molecule has 0 aliphatic carbocycles. The maximum Gasteiger partial charge on any atom is 0.0245 e. The zero-order valence-corrected chi connectivity index (χ0v) is 6.97. The van der Waals surface area contributed by atoms with Crippen molar-refractivity contribution in [3.63, 3.8) is 0 Å². The number of rotatable bonds is 2. The highest BCUT2D eigenvalue weighted by Crippen LogP contribution is 2.12. The van der Waals surface area contributed by atoms with Crippen LogP contribution in [-0.4, -0.2) is 12.6 Å². The van der Waals surface area contributed by atoms with Gasteiger partial charge in [0.05, 0.1) is 0 Å². The van der Waals surface area contributed by atoms with Crippen LogP contribution in [0.5, 0.6) is 0 Å². The summed E-state index contributed by atoms with van der Waals surface area (Å²) in [6, 6.07) is 0.715. The van der Waals surface area contributed by atoms with E-state index in [-0.39, 0.29) is 0 Å². The Kier molecular flexibility index (Phi) is 3.81. The van der Waals surface area contributed by atoms with E-state index in [2.05, 4.69) is 12.2 Å². The lowest BCUT2D eigenvalue weighted by atomic mass is 10.1. The Morgan fingerprint density at radius 3 is 3.00 bits per heavy atom. The fourth-order valence-electron chi connectivity index (χ4n) is 1.60. The Hall–Kier alpha value is -0.0400. The topological polar surface area (TPSA) is 14.1 Å². The van der Waals surface area contributed by atoms with Gasteiger partial charge in [-0.05, 0) is 19.3 Å². The van der Waals surface area contributed by atoms with E-state index in [9.17, 15) is 0 Å². The molecule has 0 aromatic carbocycles. The van der Waals surface area contributed by atoms with Crippen LogP contribution in [0.15, 0.2) is 0 Å². The molecule has 0 N–H and O–H groups in total. The molecule has 10 heavy (non-hydrogen) atoms. The van der Waals surface area contributed by atoms with Crippen molar-refractivity contribution in [2.24, 2.45) is 0 Å². The van der Waals surface area contributed by atoms with Crippen molar-refractivity contribution in [1.82, 2.24) is 5.32 Å². The van der Waals surface area contributed by atoms with Gasteiger partial charge in [0.1, 0.15) is 0 Å². The van der Waals surface area contributed by atoms with E-state index in [4.69, 9.17) is 0 Å². The maximum atomic E-state index is 4.61. The Bertz CT molecular complexity index is 72.8. The molecule has 0 aromatic rings. The lowest BCUT2D eigenvalue weighted by Crippen LogP contribution is -2.20. The highest BCUT2D eigenvalue weighted by atomic mass is 14.9. The average Bonchev–Trinajstić information content (AvgIpc) is 2.17. The molecular formula is C9H18N. The first kappa shape index (κ1) is 8.06. The van der Waals surface area contributed by atoms with Gasteiger partial charge in [0.15, 0.2) is 0 Å². The Morgan fingerprint density at radius 1 is 1.30 bits per heavy atom. The van der Waals surface area contributed by atoms with Gasteiger partial charge >= 0.3 is 0 Å². The van der Waals surface area contributed by atoms with Crippen molar-refractivity contribution >= 4 is 0 Å². The Labute approximate surface area is 64.2 Å². The van der Waals surface area contributed by atoms with Crippen molar-refractivity contribution in [2.75, 3.05) is 6.54 Å². The van der Waals surface area contributed by atoms with E-state index >= 15 is 0 Å². The summed E-state index contributed by atoms with van der Waals surface area (Å²) in [5.41, 5.74) is 0. The van der Waals surface area contributed by atoms with Gasteiger partial charge < -0.3 is 0 Å². The van der Waals surface area contributed by atoms with Crippen LogP contribution < -0.4 is 5.32 Å². The van der Waals surface area contributed by atoms with Gasteiger partial charge in [-0.2, -0.15) is 0 Å². The molecule has 1 unspecified atom stereocenters. The maximum absolute atomic E-state index is 4.61. The number of nitrogens with zero attached hydrogens (tertiary/aromatic N) is 1. The van der Waals surface area contributed by atoms with Crippen molar-refractivity contribution in [1.29, 1.82) is 0 Å². The molecule has 0 aromatic heterocycles. The zero-order chi connectivity index (χ0) is 7.23. The quantitative estimate of drug-likeness (QED) is 0.559. The van der Waals surface area contributed by atoms with Crippen molar-refractivity contribution in [3.8, 4) is 0 Å². The molecule has 1 heterocycles. The van der Waals surface area contributed by atoms with E-state index in [1.165, 1.54) is 38.5 Å². The number of hydrogen-bond donors (Lipinski definition) is 0. The summed E-state index contributed by atoms with van der Waals surface area (Å²) in [7, 11) is 0. The van der Waals surface area contributed by atoms with Gasteiger partial charge in [0.2, 0.25) is 0 Å². The predicted octanol–water partition coefficient (Wildman–Crippen LogP) is 2.33. The smallest absolute Gasteiger partial charge is 0.0245 e. The fraction of sp³-hybridized carbons (Fsp3) is 1.00. The third-order valence-electron chi connectivity index (χ3n) is 2.20. The third-order valence-corrected chi connectivity index (χ3v) is 2.20. The van der Waals surface area contributed by atoms with Crippen molar-refractivity contribution in [2.45, 2.75) is 51.5 Å². The molecule has 1 fully saturated rings. The minimum Gasteiger partial charge on any atom is -0.238 e. The van der Waals surface area contributed by atoms with Crippen LogP contribution in [-0.2, 0) is 0 Å². The fourth-order valence-corrected chi connectivity index (χ4v) is 1.60. The standard InChI is InChI=1S/C9H18N/c1-2-6-9-7-4-3-5-8-10-9/h9H,2-8H2,1H3. The molecule has 1 heteroatoms. The average molecular weight is 140 g/mol. The molecule has 0 amide bonds. The summed E-state index contributed by atoms with van der Waals surface area (Å²) < 4.78 is 0. The van der Waals surface area contributed by atoms with E-state index in [0.717, 1.165) is 6.54 Å². The van der Waals surface area contributed by atoms with Crippen LogP contribution in [0.25, 0.3) is 0 Å². The second-order valence-corrected chi connectivity index (χ2v) is 3.20. The number of hydrogen-bond acceptors (Lipinski definition) is 0. The highest BCUT2D eigenvalue weighted by Gasteiger charge is 2.10. The monoisotopic (exact) mass is 140 g/mol. The van der Waals surface area contributed by atoms with Crippen LogP contribution in [0.4, 0.5) is 0 Å². The molecule has 59 valence electrons. The lowest BCUT2D eigenvalue weighted by molar-refractivity contribution is 0.465. The van der Waals surface area contributed by atoms with Gasteiger partial charge in [-0.15, -0.1) is 0 Å². The van der Waals surface area contributed by atoms with Gasteiger partial charge in [-0.25, -0.2) is 5.32 Å². The molecule has 1 atom stereocenters. The largest absolute Gasteiger partial charge is 0.238 e. The minimum atomic E-state index is 0.715. The molecule has 1 aliphatic rings. The molecular weight excluding hydrogens is 122 g/mol. The van der Waals surface area contributed by atoms with Gasteiger partial charge in [0, 0.05) is 12.6 Å². The normalized spacial score (nSPS) is 27.9. The molecule has 1 radical (unpaired) electrons. The molecule has 1 nitrogen and oxygen atoms in total. The summed E-state index contributed by atoms with van der Waals surface area (Å²) in [6.45, 7) is 3.38.